The molecule has 1 saturated carbocycles. The largest absolute Gasteiger partial charge is 0.444 e. The quantitative estimate of drug-likeness (QED) is 0.343. The molecule has 12 heteroatoms. The van der Waals surface area contributed by atoms with Crippen molar-refractivity contribution in [3.8, 4) is 11.3 Å². The summed E-state index contributed by atoms with van der Waals surface area (Å²) in [5, 5.41) is 8.31. The summed E-state index contributed by atoms with van der Waals surface area (Å²) in [6.07, 6.45) is 4.32. The van der Waals surface area contributed by atoms with Crippen LogP contribution in [0.4, 0.5) is 22.1 Å². The average Bonchev–Trinajstić information content (AvgIpc) is 3.66. The Morgan fingerprint density at radius 3 is 2.56 bits per heavy atom. The molecule has 6 rings (SSSR count). The SMILES string of the molecule is [C-]#[N+]c1ccnc(NC(=O)c2ccc(-c3nn(C4CC5CC4N(C(=O)OC(C)(C)C)C5)c4ncnc(N)c34)cc2)c1. The number of nitrogens with two attached hydrogens (primary N) is 1. The van der Waals surface area contributed by atoms with Gasteiger partial charge < -0.3 is 20.7 Å². The summed E-state index contributed by atoms with van der Waals surface area (Å²) in [5.74, 6) is 0.598. The minimum absolute atomic E-state index is 0.0666. The minimum Gasteiger partial charge on any atom is -0.444 e. The Morgan fingerprint density at radius 2 is 1.85 bits per heavy atom. The number of nitrogens with zero attached hydrogens (tertiary/aromatic N) is 7. The number of ether oxygens (including phenoxy) is 1. The molecule has 2 bridgehead atoms. The van der Waals surface area contributed by atoms with E-state index in [0.29, 0.717) is 52.1 Å². The van der Waals surface area contributed by atoms with Crippen molar-refractivity contribution in [1.29, 1.82) is 0 Å². The number of benzene rings is 1. The van der Waals surface area contributed by atoms with Gasteiger partial charge in [-0.05, 0) is 63.8 Å². The van der Waals surface area contributed by atoms with Crippen molar-refractivity contribution in [3.05, 3.63) is 65.9 Å². The van der Waals surface area contributed by atoms with Gasteiger partial charge in [0.15, 0.2) is 11.3 Å². The van der Waals surface area contributed by atoms with Gasteiger partial charge in [-0.25, -0.2) is 29.3 Å². The van der Waals surface area contributed by atoms with Gasteiger partial charge >= 0.3 is 6.09 Å². The van der Waals surface area contributed by atoms with Crippen LogP contribution in [0.2, 0.25) is 0 Å². The number of nitrogens with one attached hydrogen (secondary N) is 1. The summed E-state index contributed by atoms with van der Waals surface area (Å²) in [5.41, 5.74) is 8.50. The third kappa shape index (κ3) is 4.91. The molecule has 3 aromatic heterocycles. The van der Waals surface area contributed by atoms with Crippen molar-refractivity contribution < 1.29 is 14.3 Å². The van der Waals surface area contributed by atoms with Gasteiger partial charge in [-0.1, -0.05) is 12.1 Å². The fourth-order valence-electron chi connectivity index (χ4n) is 5.74. The molecule has 2 aliphatic rings. The number of hydrogen-bond donors (Lipinski definition) is 2. The Morgan fingerprint density at radius 1 is 1.10 bits per heavy atom. The van der Waals surface area contributed by atoms with E-state index in [0.717, 1.165) is 18.4 Å². The predicted octanol–water partition coefficient (Wildman–Crippen LogP) is 4.84. The number of amides is 2. The third-order valence-corrected chi connectivity index (χ3v) is 7.44. The van der Waals surface area contributed by atoms with E-state index in [-0.39, 0.29) is 24.1 Å². The van der Waals surface area contributed by atoms with Gasteiger partial charge in [0.2, 0.25) is 0 Å². The van der Waals surface area contributed by atoms with E-state index in [1.165, 1.54) is 18.6 Å². The molecule has 1 aliphatic heterocycles. The number of likely N-dealkylation sites (tertiary alicyclic amines) is 1. The van der Waals surface area contributed by atoms with E-state index in [1.807, 2.05) is 30.4 Å². The van der Waals surface area contributed by atoms with E-state index in [9.17, 15) is 9.59 Å². The molecule has 0 spiro atoms. The second-order valence-electron chi connectivity index (χ2n) is 11.4. The maximum absolute atomic E-state index is 13.0. The second kappa shape index (κ2) is 9.85. The molecule has 4 aromatic rings. The number of nitrogen functional groups attached to an aromatic ring is 1. The van der Waals surface area contributed by atoms with Crippen molar-refractivity contribution in [3.63, 3.8) is 0 Å². The molecule has 12 nitrogen and oxygen atoms in total. The molecule has 3 N–H and O–H groups in total. The Kier molecular flexibility index (Phi) is 6.29. The maximum Gasteiger partial charge on any atom is 0.410 e. The van der Waals surface area contributed by atoms with Gasteiger partial charge in [0.25, 0.3) is 5.91 Å². The topological polar surface area (TPSA) is 146 Å². The van der Waals surface area contributed by atoms with Crippen LogP contribution >= 0.6 is 0 Å². The highest BCUT2D eigenvalue weighted by molar-refractivity contribution is 6.04. The summed E-state index contributed by atoms with van der Waals surface area (Å²) < 4.78 is 7.56. The van der Waals surface area contributed by atoms with Gasteiger partial charge in [0.1, 0.15) is 29.3 Å². The molecule has 4 heterocycles. The smallest absolute Gasteiger partial charge is 0.410 e. The number of rotatable bonds is 4. The van der Waals surface area contributed by atoms with E-state index in [2.05, 4.69) is 25.1 Å². The number of pyridine rings is 1. The van der Waals surface area contributed by atoms with Crippen LogP contribution in [0.25, 0.3) is 27.1 Å². The molecule has 1 saturated heterocycles. The number of piperidine rings is 1. The number of hydrogen-bond acceptors (Lipinski definition) is 8. The van der Waals surface area contributed by atoms with Crippen molar-refractivity contribution in [2.24, 2.45) is 5.92 Å². The zero-order valence-corrected chi connectivity index (χ0v) is 22.9. The first kappa shape index (κ1) is 26.2. The van der Waals surface area contributed by atoms with Gasteiger partial charge in [-0.2, -0.15) is 5.10 Å². The normalized spacial score (nSPS) is 19.8. The van der Waals surface area contributed by atoms with E-state index in [1.54, 1.807) is 30.3 Å². The molecule has 3 atom stereocenters. The summed E-state index contributed by atoms with van der Waals surface area (Å²) in [6.45, 7) is 13.4. The molecular weight excluding hydrogens is 522 g/mol. The molecule has 2 fully saturated rings. The number of carbonyl (C=O) groups excluding carboxylic acids is 2. The van der Waals surface area contributed by atoms with Crippen LogP contribution in [0, 0.1) is 12.5 Å². The number of aromatic nitrogens is 5. The lowest BCUT2D eigenvalue weighted by atomic mass is 10.1. The van der Waals surface area contributed by atoms with Crippen molar-refractivity contribution >= 4 is 40.4 Å². The first-order valence-electron chi connectivity index (χ1n) is 13.3. The van der Waals surface area contributed by atoms with Crippen molar-refractivity contribution in [2.45, 2.75) is 51.3 Å². The molecule has 1 aromatic carbocycles. The third-order valence-electron chi connectivity index (χ3n) is 7.44. The summed E-state index contributed by atoms with van der Waals surface area (Å²) in [4.78, 5) is 43.8. The summed E-state index contributed by atoms with van der Waals surface area (Å²) in [7, 11) is 0. The van der Waals surface area contributed by atoms with Gasteiger partial charge in [0.05, 0.1) is 24.0 Å². The molecule has 3 unspecified atom stereocenters. The van der Waals surface area contributed by atoms with Gasteiger partial charge in [-0.3, -0.25) is 4.79 Å². The van der Waals surface area contributed by atoms with Crippen molar-refractivity contribution in [2.75, 3.05) is 17.6 Å². The fraction of sp³-hybridized carbons (Fsp3) is 0.345. The Hall–Kier alpha value is -5.05. The minimum atomic E-state index is -0.580. The van der Waals surface area contributed by atoms with E-state index in [4.69, 9.17) is 22.1 Å². The van der Waals surface area contributed by atoms with E-state index >= 15 is 0 Å². The lowest BCUT2D eigenvalue weighted by Crippen LogP contribution is -2.45. The molecule has 208 valence electrons. The Bertz CT molecular complexity index is 1700. The maximum atomic E-state index is 13.0. The fourth-order valence-corrected chi connectivity index (χ4v) is 5.74. The zero-order chi connectivity index (χ0) is 28.9. The average molecular weight is 552 g/mol. The van der Waals surface area contributed by atoms with Crippen LogP contribution in [-0.4, -0.2) is 59.8 Å². The van der Waals surface area contributed by atoms with Crippen LogP contribution in [0.5, 0.6) is 0 Å². The molecule has 2 amide bonds. The van der Waals surface area contributed by atoms with Crippen LogP contribution in [-0.2, 0) is 4.74 Å². The summed E-state index contributed by atoms with van der Waals surface area (Å²) in [6, 6.07) is 9.90. The van der Waals surface area contributed by atoms with Crippen LogP contribution in [0.3, 0.4) is 0 Å². The predicted molar refractivity (Wildman–Crippen MR) is 152 cm³/mol. The number of fused-ring (bicyclic) bond motifs is 3. The molecule has 1 aliphatic carbocycles. The van der Waals surface area contributed by atoms with Gasteiger partial charge in [-0.15, -0.1) is 0 Å². The zero-order valence-electron chi connectivity index (χ0n) is 22.9. The lowest BCUT2D eigenvalue weighted by molar-refractivity contribution is 0.0135. The monoisotopic (exact) mass is 551 g/mol. The van der Waals surface area contributed by atoms with Gasteiger partial charge in [0, 0.05) is 23.9 Å². The first-order valence-corrected chi connectivity index (χ1v) is 13.3. The number of carbonyl (C=O) groups is 2. The van der Waals surface area contributed by atoms with Crippen LogP contribution in [0.15, 0.2) is 48.9 Å². The summed E-state index contributed by atoms with van der Waals surface area (Å²) >= 11 is 0. The molecular formula is C29H29N9O3. The van der Waals surface area contributed by atoms with E-state index < -0.39 is 5.60 Å². The van der Waals surface area contributed by atoms with Crippen LogP contribution in [0.1, 0.15) is 50.0 Å². The second-order valence-corrected chi connectivity index (χ2v) is 11.4. The highest BCUT2D eigenvalue weighted by Crippen LogP contribution is 2.46. The molecule has 41 heavy (non-hydrogen) atoms. The first-order chi connectivity index (χ1) is 19.6. The van der Waals surface area contributed by atoms with Crippen molar-refractivity contribution in [1.82, 2.24) is 29.6 Å². The standard InChI is InChI=1S/C29H29N9O3/c1-29(2,3)41-28(40)37-14-16-11-20(37)21(12-16)38-26-23(25(30)33-15-34-26)24(36-38)17-5-7-18(8-6-17)27(39)35-22-13-19(31-4)9-10-32-22/h5-10,13,15-16,20-21H,11-12,14H2,1-3H3,(H2,30,33,34)(H,32,35,39). The Balaban J connectivity index is 1.30. The Labute approximate surface area is 236 Å². The molecule has 0 radical (unpaired) electrons. The lowest BCUT2D eigenvalue weighted by Gasteiger charge is -2.34. The number of anilines is 2. The van der Waals surface area contributed by atoms with Crippen LogP contribution < -0.4 is 11.1 Å². The highest BCUT2D eigenvalue weighted by atomic mass is 16.6. The highest BCUT2D eigenvalue weighted by Gasteiger charge is 2.49.